The lowest BCUT2D eigenvalue weighted by Crippen LogP contribution is -2.42. The van der Waals surface area contributed by atoms with Gasteiger partial charge in [-0.05, 0) is 55.0 Å². The van der Waals surface area contributed by atoms with Gasteiger partial charge in [0.25, 0.3) is 0 Å². The number of amides is 1. The third kappa shape index (κ3) is 3.98. The molecule has 2 aromatic carbocycles. The Morgan fingerprint density at radius 2 is 1.79 bits per heavy atom. The number of anilines is 1. The summed E-state index contributed by atoms with van der Waals surface area (Å²) >= 11 is 0. The predicted molar refractivity (Wildman–Crippen MR) is 112 cm³/mol. The molecule has 2 aromatic rings. The molecule has 0 aromatic heterocycles. The third-order valence-electron chi connectivity index (χ3n) is 5.81. The van der Waals surface area contributed by atoms with Crippen LogP contribution in [0.3, 0.4) is 0 Å². The van der Waals surface area contributed by atoms with E-state index in [1.165, 1.54) is 6.07 Å². The van der Waals surface area contributed by atoms with Gasteiger partial charge in [0, 0.05) is 5.69 Å². The van der Waals surface area contributed by atoms with Crippen LogP contribution in [0.2, 0.25) is 0 Å². The first kappa shape index (κ1) is 20.6. The molecule has 1 aliphatic rings. The molecule has 0 spiro atoms. The van der Waals surface area contributed by atoms with Crippen molar-refractivity contribution in [2.75, 3.05) is 5.32 Å². The van der Waals surface area contributed by atoms with Gasteiger partial charge in [-0.2, -0.15) is 0 Å². The van der Waals surface area contributed by atoms with Crippen LogP contribution in [0, 0.1) is 6.92 Å². The highest BCUT2D eigenvalue weighted by atomic mass is 32.2. The van der Waals surface area contributed by atoms with E-state index in [2.05, 4.69) is 5.32 Å². The lowest BCUT2D eigenvalue weighted by molar-refractivity contribution is -0.122. The summed E-state index contributed by atoms with van der Waals surface area (Å²) in [7, 11) is -3.85. The number of rotatable bonds is 5. The summed E-state index contributed by atoms with van der Waals surface area (Å²) in [6.45, 7) is 3.91. The minimum atomic E-state index is -3.85. The first-order valence-corrected chi connectivity index (χ1v) is 11.4. The van der Waals surface area contributed by atoms with Gasteiger partial charge in [-0.15, -0.1) is 0 Å². The SMILES string of the molecule is CCc1ccc(NC(=O)C2(c3ccccc3C)CCCCC2)cc1S(N)(=O)=O. The lowest BCUT2D eigenvalue weighted by atomic mass is 9.67. The molecule has 28 heavy (non-hydrogen) atoms. The van der Waals surface area contributed by atoms with E-state index in [4.69, 9.17) is 5.14 Å². The van der Waals surface area contributed by atoms with Gasteiger partial charge in [0.15, 0.2) is 0 Å². The molecule has 150 valence electrons. The van der Waals surface area contributed by atoms with Crippen LogP contribution in [0.15, 0.2) is 47.4 Å². The van der Waals surface area contributed by atoms with Crippen molar-refractivity contribution in [2.45, 2.75) is 62.7 Å². The molecular formula is C22H28N2O3S. The van der Waals surface area contributed by atoms with Crippen LogP contribution in [0.4, 0.5) is 5.69 Å². The van der Waals surface area contributed by atoms with Gasteiger partial charge in [0.05, 0.1) is 10.3 Å². The van der Waals surface area contributed by atoms with E-state index in [0.717, 1.165) is 43.2 Å². The second-order valence-corrected chi connectivity index (χ2v) is 9.16. The van der Waals surface area contributed by atoms with E-state index in [0.29, 0.717) is 17.7 Å². The summed E-state index contributed by atoms with van der Waals surface area (Å²) in [5, 5.41) is 8.36. The van der Waals surface area contributed by atoms with Crippen molar-refractivity contribution in [3.05, 3.63) is 59.2 Å². The van der Waals surface area contributed by atoms with E-state index >= 15 is 0 Å². The van der Waals surface area contributed by atoms with Gasteiger partial charge in [0.2, 0.25) is 15.9 Å². The van der Waals surface area contributed by atoms with Crippen molar-refractivity contribution in [3.8, 4) is 0 Å². The molecule has 0 unspecified atom stereocenters. The highest BCUT2D eigenvalue weighted by molar-refractivity contribution is 7.89. The van der Waals surface area contributed by atoms with Gasteiger partial charge in [-0.3, -0.25) is 4.79 Å². The highest BCUT2D eigenvalue weighted by Crippen LogP contribution is 2.42. The zero-order valence-electron chi connectivity index (χ0n) is 16.5. The maximum Gasteiger partial charge on any atom is 0.238 e. The second-order valence-electron chi connectivity index (χ2n) is 7.63. The number of benzene rings is 2. The average molecular weight is 401 g/mol. The molecular weight excluding hydrogens is 372 g/mol. The Kier molecular flexibility index (Phi) is 5.91. The van der Waals surface area contributed by atoms with Crippen LogP contribution in [0.1, 0.15) is 55.7 Å². The van der Waals surface area contributed by atoms with Gasteiger partial charge >= 0.3 is 0 Å². The lowest BCUT2D eigenvalue weighted by Gasteiger charge is -2.37. The molecule has 5 nitrogen and oxygen atoms in total. The molecule has 6 heteroatoms. The average Bonchev–Trinajstić information content (AvgIpc) is 2.68. The van der Waals surface area contributed by atoms with Crippen LogP contribution in [-0.2, 0) is 26.7 Å². The maximum atomic E-state index is 13.5. The van der Waals surface area contributed by atoms with Gasteiger partial charge in [-0.25, -0.2) is 13.6 Å². The zero-order valence-corrected chi connectivity index (χ0v) is 17.3. The third-order valence-corrected chi connectivity index (χ3v) is 6.81. The van der Waals surface area contributed by atoms with E-state index in [1.807, 2.05) is 38.1 Å². The van der Waals surface area contributed by atoms with Crippen LogP contribution >= 0.6 is 0 Å². The Balaban J connectivity index is 1.99. The number of carbonyl (C=O) groups is 1. The van der Waals surface area contributed by atoms with Crippen molar-refractivity contribution >= 4 is 21.6 Å². The molecule has 0 atom stereocenters. The summed E-state index contributed by atoms with van der Waals surface area (Å²) in [6, 6.07) is 13.0. The number of nitrogens with one attached hydrogen (secondary N) is 1. The second kappa shape index (κ2) is 8.05. The number of nitrogens with two attached hydrogens (primary N) is 1. The Hall–Kier alpha value is -2.18. The molecule has 0 aliphatic heterocycles. The minimum Gasteiger partial charge on any atom is -0.325 e. The summed E-state index contributed by atoms with van der Waals surface area (Å²) in [4.78, 5) is 13.5. The van der Waals surface area contributed by atoms with Crippen LogP contribution < -0.4 is 10.5 Å². The van der Waals surface area contributed by atoms with E-state index in [9.17, 15) is 13.2 Å². The fourth-order valence-electron chi connectivity index (χ4n) is 4.32. The molecule has 0 heterocycles. The summed E-state index contributed by atoms with van der Waals surface area (Å²) in [5.41, 5.74) is 2.68. The quantitative estimate of drug-likeness (QED) is 0.793. The number of aryl methyl sites for hydroxylation is 2. The predicted octanol–water partition coefficient (Wildman–Crippen LogP) is 4.05. The molecule has 1 amide bonds. The first-order valence-electron chi connectivity index (χ1n) is 9.81. The highest BCUT2D eigenvalue weighted by Gasteiger charge is 2.42. The first-order chi connectivity index (χ1) is 13.3. The van der Waals surface area contributed by atoms with Crippen molar-refractivity contribution in [1.29, 1.82) is 0 Å². The van der Waals surface area contributed by atoms with Gasteiger partial charge < -0.3 is 5.32 Å². The van der Waals surface area contributed by atoms with Crippen molar-refractivity contribution < 1.29 is 13.2 Å². The molecule has 1 saturated carbocycles. The van der Waals surface area contributed by atoms with Crippen molar-refractivity contribution in [3.63, 3.8) is 0 Å². The Labute approximate surface area is 167 Å². The number of hydrogen-bond acceptors (Lipinski definition) is 3. The minimum absolute atomic E-state index is 0.0707. The number of primary sulfonamides is 1. The van der Waals surface area contributed by atoms with Crippen molar-refractivity contribution in [2.24, 2.45) is 5.14 Å². The molecule has 0 saturated heterocycles. The standard InChI is InChI=1S/C22H28N2O3S/c1-3-17-11-12-18(15-20(17)28(23,26)27)24-21(25)22(13-7-4-8-14-22)19-10-6-5-9-16(19)2/h5-6,9-12,15H,3-4,7-8,13-14H2,1-2H3,(H,24,25)(H2,23,26,27). The topological polar surface area (TPSA) is 89.3 Å². The molecule has 1 aliphatic carbocycles. The molecule has 3 N–H and O–H groups in total. The Morgan fingerprint density at radius 3 is 2.39 bits per heavy atom. The molecule has 0 bridgehead atoms. The fraction of sp³-hybridized carbons (Fsp3) is 0.409. The Bertz CT molecular complexity index is 977. The molecule has 1 fully saturated rings. The normalized spacial score (nSPS) is 16.5. The summed E-state index contributed by atoms with van der Waals surface area (Å²) in [5.74, 6) is -0.0777. The smallest absolute Gasteiger partial charge is 0.238 e. The van der Waals surface area contributed by atoms with Crippen molar-refractivity contribution in [1.82, 2.24) is 0 Å². The number of hydrogen-bond donors (Lipinski definition) is 2. The summed E-state index contributed by atoms with van der Waals surface area (Å²) < 4.78 is 23.9. The maximum absolute atomic E-state index is 13.5. The molecule has 0 radical (unpaired) electrons. The number of carbonyl (C=O) groups excluding carboxylic acids is 1. The monoisotopic (exact) mass is 400 g/mol. The van der Waals surface area contributed by atoms with Crippen LogP contribution in [0.25, 0.3) is 0 Å². The van der Waals surface area contributed by atoms with E-state index in [1.54, 1.807) is 12.1 Å². The van der Waals surface area contributed by atoms with Crippen LogP contribution in [-0.4, -0.2) is 14.3 Å². The number of sulfonamides is 1. The summed E-state index contributed by atoms with van der Waals surface area (Å²) in [6.07, 6.45) is 5.25. The van der Waals surface area contributed by atoms with Gasteiger partial charge in [-0.1, -0.05) is 56.5 Å². The Morgan fingerprint density at radius 1 is 1.11 bits per heavy atom. The fourth-order valence-corrected chi connectivity index (χ4v) is 5.19. The zero-order chi connectivity index (χ0) is 20.4. The van der Waals surface area contributed by atoms with E-state index < -0.39 is 15.4 Å². The largest absolute Gasteiger partial charge is 0.325 e. The van der Waals surface area contributed by atoms with E-state index in [-0.39, 0.29) is 10.8 Å². The van der Waals surface area contributed by atoms with Crippen LogP contribution in [0.5, 0.6) is 0 Å². The van der Waals surface area contributed by atoms with Gasteiger partial charge in [0.1, 0.15) is 0 Å². The molecule has 3 rings (SSSR count).